The van der Waals surface area contributed by atoms with Gasteiger partial charge < -0.3 is 9.80 Å². The Bertz CT molecular complexity index is 1170. The minimum atomic E-state index is 0.0236. The first kappa shape index (κ1) is 20.7. The fraction of sp³-hybridized carbons (Fsp3) is 0.423. The summed E-state index contributed by atoms with van der Waals surface area (Å²) >= 11 is 0. The molecule has 2 aliphatic heterocycles. The second-order valence-electron chi connectivity index (χ2n) is 8.85. The number of carbonyl (C=O) groups is 1. The number of amides is 1. The molecule has 166 valence electrons. The van der Waals surface area contributed by atoms with Gasteiger partial charge in [0.2, 0.25) is 0 Å². The molecule has 0 bridgehead atoms. The molecule has 2 aromatic carbocycles. The molecule has 0 radical (unpaired) electrons. The van der Waals surface area contributed by atoms with Crippen molar-refractivity contribution in [2.45, 2.75) is 45.1 Å². The Morgan fingerprint density at radius 3 is 2.53 bits per heavy atom. The maximum Gasteiger partial charge on any atom is 0.261 e. The molecule has 0 saturated carbocycles. The summed E-state index contributed by atoms with van der Waals surface area (Å²) in [4.78, 5) is 35.5. The molecule has 6 heteroatoms. The molecular formula is C26H30N4O2. The molecule has 1 saturated heterocycles. The van der Waals surface area contributed by atoms with Gasteiger partial charge in [0.05, 0.1) is 10.9 Å². The predicted molar refractivity (Wildman–Crippen MR) is 127 cm³/mol. The largest absolute Gasteiger partial charge is 0.370 e. The fourth-order valence-electron chi connectivity index (χ4n) is 4.93. The lowest BCUT2D eigenvalue weighted by molar-refractivity contribution is 0.0767. The van der Waals surface area contributed by atoms with E-state index in [4.69, 9.17) is 4.98 Å². The van der Waals surface area contributed by atoms with Gasteiger partial charge in [-0.2, -0.15) is 0 Å². The Balaban J connectivity index is 1.39. The third kappa shape index (κ3) is 4.14. The number of aryl methyl sites for hydroxylation is 1. The van der Waals surface area contributed by atoms with E-state index in [0.717, 1.165) is 64.1 Å². The van der Waals surface area contributed by atoms with Crippen molar-refractivity contribution in [3.8, 4) is 0 Å². The van der Waals surface area contributed by atoms with Crippen LogP contribution in [0.5, 0.6) is 0 Å². The zero-order valence-corrected chi connectivity index (χ0v) is 18.5. The zero-order valence-electron chi connectivity index (χ0n) is 18.5. The molecule has 2 aliphatic rings. The SMILES string of the molecule is O=C(c1ccc2c(=O)n3c(nc2c1)CCCCCC3)N1CCCN(c2ccccc2)CC1. The normalized spacial score (nSPS) is 17.4. The standard InChI is InChI=1S/C26H30N4O2/c31-25(29-15-8-14-28(17-18-29)21-9-4-3-5-10-21)20-12-13-22-23(19-20)27-24-11-6-1-2-7-16-30(24)26(22)32/h3-5,9-10,12-13,19H,1-2,6-8,11,14-18H2. The number of rotatable bonds is 2. The van der Waals surface area contributed by atoms with Crippen LogP contribution in [-0.2, 0) is 13.0 Å². The summed E-state index contributed by atoms with van der Waals surface area (Å²) in [5.74, 6) is 0.885. The van der Waals surface area contributed by atoms with Gasteiger partial charge in [0.25, 0.3) is 11.5 Å². The number of aromatic nitrogens is 2. The minimum Gasteiger partial charge on any atom is -0.370 e. The van der Waals surface area contributed by atoms with Gasteiger partial charge in [-0.25, -0.2) is 4.98 Å². The third-order valence-electron chi connectivity index (χ3n) is 6.72. The number of hydrogen-bond donors (Lipinski definition) is 0. The number of para-hydroxylation sites is 1. The van der Waals surface area contributed by atoms with Gasteiger partial charge >= 0.3 is 0 Å². The zero-order chi connectivity index (χ0) is 21.9. The van der Waals surface area contributed by atoms with Gasteiger partial charge in [0.1, 0.15) is 5.82 Å². The highest BCUT2D eigenvalue weighted by atomic mass is 16.2. The highest BCUT2D eigenvalue weighted by Crippen LogP contribution is 2.19. The number of nitrogens with zero attached hydrogens (tertiary/aromatic N) is 4. The van der Waals surface area contributed by atoms with Crippen molar-refractivity contribution in [1.82, 2.24) is 14.5 Å². The molecular weight excluding hydrogens is 400 g/mol. The molecule has 1 amide bonds. The number of benzene rings is 2. The van der Waals surface area contributed by atoms with Crippen molar-refractivity contribution in [3.05, 3.63) is 70.3 Å². The molecule has 0 spiro atoms. The molecule has 1 fully saturated rings. The van der Waals surface area contributed by atoms with Crippen molar-refractivity contribution < 1.29 is 4.79 Å². The monoisotopic (exact) mass is 430 g/mol. The van der Waals surface area contributed by atoms with Gasteiger partial charge in [0, 0.05) is 50.4 Å². The quantitative estimate of drug-likeness (QED) is 0.619. The van der Waals surface area contributed by atoms with E-state index in [1.165, 1.54) is 12.1 Å². The van der Waals surface area contributed by atoms with Gasteiger partial charge in [-0.3, -0.25) is 14.2 Å². The lowest BCUT2D eigenvalue weighted by atomic mass is 10.1. The number of carbonyl (C=O) groups excluding carboxylic acids is 1. The summed E-state index contributed by atoms with van der Waals surface area (Å²) in [6.45, 7) is 3.92. The van der Waals surface area contributed by atoms with Crippen LogP contribution >= 0.6 is 0 Å². The molecule has 0 aliphatic carbocycles. The maximum absolute atomic E-state index is 13.3. The van der Waals surface area contributed by atoms with Gasteiger partial charge in [-0.05, 0) is 49.6 Å². The van der Waals surface area contributed by atoms with Crippen molar-refractivity contribution in [2.75, 3.05) is 31.1 Å². The highest BCUT2D eigenvalue weighted by molar-refractivity contribution is 5.97. The molecule has 6 nitrogen and oxygen atoms in total. The first-order valence-corrected chi connectivity index (χ1v) is 11.8. The molecule has 0 unspecified atom stereocenters. The fourth-order valence-corrected chi connectivity index (χ4v) is 4.93. The van der Waals surface area contributed by atoms with Gasteiger partial charge in [0.15, 0.2) is 0 Å². The van der Waals surface area contributed by atoms with E-state index in [1.54, 1.807) is 12.1 Å². The van der Waals surface area contributed by atoms with E-state index >= 15 is 0 Å². The van der Waals surface area contributed by atoms with Crippen LogP contribution in [-0.4, -0.2) is 46.5 Å². The second kappa shape index (κ2) is 9.15. The van der Waals surface area contributed by atoms with E-state index in [0.29, 0.717) is 23.0 Å². The Hall–Kier alpha value is -3.15. The van der Waals surface area contributed by atoms with E-state index < -0.39 is 0 Å². The van der Waals surface area contributed by atoms with Crippen molar-refractivity contribution in [2.24, 2.45) is 0 Å². The smallest absolute Gasteiger partial charge is 0.261 e. The number of anilines is 1. The Kier molecular flexibility index (Phi) is 5.93. The Labute approximate surface area is 188 Å². The molecule has 3 heterocycles. The average Bonchev–Trinajstić information content (AvgIpc) is 3.06. The van der Waals surface area contributed by atoms with E-state index in [2.05, 4.69) is 29.2 Å². The molecule has 1 aromatic heterocycles. The van der Waals surface area contributed by atoms with Crippen LogP contribution in [0.1, 0.15) is 48.3 Å². The summed E-state index contributed by atoms with van der Waals surface area (Å²) in [6, 6.07) is 15.8. The van der Waals surface area contributed by atoms with Crippen molar-refractivity contribution >= 4 is 22.5 Å². The summed E-state index contributed by atoms with van der Waals surface area (Å²) < 4.78 is 1.84. The van der Waals surface area contributed by atoms with E-state index in [9.17, 15) is 9.59 Å². The predicted octanol–water partition coefficient (Wildman–Crippen LogP) is 3.87. The minimum absolute atomic E-state index is 0.0236. The second-order valence-corrected chi connectivity index (χ2v) is 8.85. The van der Waals surface area contributed by atoms with E-state index in [-0.39, 0.29) is 11.5 Å². The van der Waals surface area contributed by atoms with Crippen LogP contribution in [0.3, 0.4) is 0 Å². The third-order valence-corrected chi connectivity index (χ3v) is 6.72. The number of fused-ring (bicyclic) bond motifs is 2. The topological polar surface area (TPSA) is 58.4 Å². The Morgan fingerprint density at radius 2 is 1.66 bits per heavy atom. The summed E-state index contributed by atoms with van der Waals surface area (Å²) in [5.41, 5.74) is 2.50. The van der Waals surface area contributed by atoms with Crippen LogP contribution in [0.15, 0.2) is 53.3 Å². The molecule has 0 N–H and O–H groups in total. The summed E-state index contributed by atoms with van der Waals surface area (Å²) in [7, 11) is 0. The van der Waals surface area contributed by atoms with Crippen LogP contribution < -0.4 is 10.5 Å². The molecule has 3 aromatic rings. The number of hydrogen-bond acceptors (Lipinski definition) is 4. The molecule has 0 atom stereocenters. The Morgan fingerprint density at radius 1 is 0.812 bits per heavy atom. The summed E-state index contributed by atoms with van der Waals surface area (Å²) in [6.07, 6.45) is 6.18. The van der Waals surface area contributed by atoms with E-state index in [1.807, 2.05) is 21.6 Å². The van der Waals surface area contributed by atoms with Crippen LogP contribution in [0, 0.1) is 0 Å². The average molecular weight is 431 g/mol. The lowest BCUT2D eigenvalue weighted by Gasteiger charge is -2.24. The van der Waals surface area contributed by atoms with Crippen molar-refractivity contribution in [1.29, 1.82) is 0 Å². The first-order valence-electron chi connectivity index (χ1n) is 11.8. The van der Waals surface area contributed by atoms with Crippen LogP contribution in [0.25, 0.3) is 10.9 Å². The lowest BCUT2D eigenvalue weighted by Crippen LogP contribution is -2.35. The molecule has 5 rings (SSSR count). The first-order chi connectivity index (χ1) is 15.7. The maximum atomic E-state index is 13.3. The van der Waals surface area contributed by atoms with Gasteiger partial charge in [-0.1, -0.05) is 31.0 Å². The highest BCUT2D eigenvalue weighted by Gasteiger charge is 2.22. The van der Waals surface area contributed by atoms with Gasteiger partial charge in [-0.15, -0.1) is 0 Å². The van der Waals surface area contributed by atoms with Crippen molar-refractivity contribution in [3.63, 3.8) is 0 Å². The van der Waals surface area contributed by atoms with Crippen LogP contribution in [0.4, 0.5) is 5.69 Å². The summed E-state index contributed by atoms with van der Waals surface area (Å²) in [5, 5.41) is 0.608. The van der Waals surface area contributed by atoms with Crippen LogP contribution in [0.2, 0.25) is 0 Å². The molecule has 32 heavy (non-hydrogen) atoms.